The summed E-state index contributed by atoms with van der Waals surface area (Å²) < 4.78 is 1.96. The highest BCUT2D eigenvalue weighted by molar-refractivity contribution is 5.92. The normalized spacial score (nSPS) is 12.7. The van der Waals surface area contributed by atoms with Crippen molar-refractivity contribution in [2.75, 3.05) is 6.61 Å². The van der Waals surface area contributed by atoms with Crippen LogP contribution in [-0.2, 0) is 6.54 Å². The summed E-state index contributed by atoms with van der Waals surface area (Å²) in [6, 6.07) is 3.75. The summed E-state index contributed by atoms with van der Waals surface area (Å²) in [5.41, 5.74) is 0.695. The maximum atomic E-state index is 12.2. The van der Waals surface area contributed by atoms with Crippen molar-refractivity contribution in [3.05, 3.63) is 24.0 Å². The van der Waals surface area contributed by atoms with Crippen LogP contribution in [0.2, 0.25) is 0 Å². The summed E-state index contributed by atoms with van der Waals surface area (Å²) in [5, 5.41) is 12.0. The lowest BCUT2D eigenvalue weighted by Crippen LogP contribution is -2.40. The summed E-state index contributed by atoms with van der Waals surface area (Å²) >= 11 is 0. The van der Waals surface area contributed by atoms with Crippen molar-refractivity contribution in [2.45, 2.75) is 46.2 Å². The first-order valence-electron chi connectivity index (χ1n) is 6.67. The fourth-order valence-electron chi connectivity index (χ4n) is 2.01. The van der Waals surface area contributed by atoms with Crippen LogP contribution in [0.15, 0.2) is 18.3 Å². The molecule has 0 spiro atoms. The Morgan fingerprint density at radius 3 is 2.78 bits per heavy atom. The van der Waals surface area contributed by atoms with Crippen molar-refractivity contribution in [1.29, 1.82) is 0 Å². The fourth-order valence-corrected chi connectivity index (χ4v) is 2.01. The first kappa shape index (κ1) is 14.8. The van der Waals surface area contributed by atoms with Crippen molar-refractivity contribution in [3.8, 4) is 0 Å². The number of rotatable bonds is 7. The van der Waals surface area contributed by atoms with Crippen LogP contribution in [-0.4, -0.2) is 28.2 Å². The van der Waals surface area contributed by atoms with Crippen LogP contribution < -0.4 is 5.32 Å². The number of aliphatic hydroxyl groups is 1. The average molecular weight is 252 g/mol. The van der Waals surface area contributed by atoms with Gasteiger partial charge in [0, 0.05) is 25.4 Å². The average Bonchev–Trinajstić information content (AvgIpc) is 2.77. The summed E-state index contributed by atoms with van der Waals surface area (Å²) in [7, 11) is 0. The molecule has 0 radical (unpaired) electrons. The Kier molecular flexibility index (Phi) is 5.92. The van der Waals surface area contributed by atoms with Gasteiger partial charge in [0.25, 0.3) is 5.91 Å². The van der Waals surface area contributed by atoms with Crippen LogP contribution >= 0.6 is 0 Å². The van der Waals surface area contributed by atoms with Crippen LogP contribution in [0.3, 0.4) is 0 Å². The van der Waals surface area contributed by atoms with Gasteiger partial charge in [-0.3, -0.25) is 4.79 Å². The van der Waals surface area contributed by atoms with E-state index >= 15 is 0 Å². The zero-order valence-corrected chi connectivity index (χ0v) is 11.5. The Balaban J connectivity index is 2.71. The topological polar surface area (TPSA) is 54.3 Å². The highest BCUT2D eigenvalue weighted by atomic mass is 16.3. The molecule has 0 aromatic carbocycles. The predicted molar refractivity (Wildman–Crippen MR) is 72.5 cm³/mol. The van der Waals surface area contributed by atoms with E-state index in [4.69, 9.17) is 5.11 Å². The fraction of sp³-hybridized carbons (Fsp3) is 0.643. The number of aromatic nitrogens is 1. The number of nitrogens with one attached hydrogen (secondary N) is 1. The van der Waals surface area contributed by atoms with E-state index in [1.807, 2.05) is 36.7 Å². The van der Waals surface area contributed by atoms with Gasteiger partial charge in [-0.2, -0.15) is 0 Å². The third kappa shape index (κ3) is 3.88. The number of amides is 1. The zero-order valence-electron chi connectivity index (χ0n) is 11.5. The van der Waals surface area contributed by atoms with E-state index in [0.717, 1.165) is 13.0 Å². The van der Waals surface area contributed by atoms with E-state index in [-0.39, 0.29) is 18.6 Å². The van der Waals surface area contributed by atoms with Crippen molar-refractivity contribution in [1.82, 2.24) is 9.88 Å². The Bertz CT molecular complexity index is 372. The Morgan fingerprint density at radius 2 is 2.22 bits per heavy atom. The summed E-state index contributed by atoms with van der Waals surface area (Å²) in [6.07, 6.45) is 3.52. The number of hydrogen-bond donors (Lipinski definition) is 2. The third-order valence-electron chi connectivity index (χ3n) is 3.09. The molecule has 1 atom stereocenters. The van der Waals surface area contributed by atoms with Crippen LogP contribution in [0.25, 0.3) is 0 Å². The lowest BCUT2D eigenvalue weighted by atomic mass is 10.0. The van der Waals surface area contributed by atoms with Crippen LogP contribution in [0.1, 0.15) is 44.1 Å². The molecule has 1 aromatic rings. The molecule has 102 valence electrons. The molecule has 1 unspecified atom stereocenters. The molecule has 0 fully saturated rings. The molecule has 4 heteroatoms. The van der Waals surface area contributed by atoms with Gasteiger partial charge in [0.1, 0.15) is 5.69 Å². The minimum Gasteiger partial charge on any atom is -0.396 e. The smallest absolute Gasteiger partial charge is 0.268 e. The van der Waals surface area contributed by atoms with E-state index in [9.17, 15) is 4.79 Å². The lowest BCUT2D eigenvalue weighted by Gasteiger charge is -2.21. The van der Waals surface area contributed by atoms with Gasteiger partial charge < -0.3 is 15.0 Å². The van der Waals surface area contributed by atoms with E-state index in [1.165, 1.54) is 0 Å². The maximum Gasteiger partial charge on any atom is 0.268 e. The van der Waals surface area contributed by atoms with Crippen LogP contribution in [0.4, 0.5) is 0 Å². The van der Waals surface area contributed by atoms with Crippen LogP contribution in [0.5, 0.6) is 0 Å². The van der Waals surface area contributed by atoms with E-state index < -0.39 is 0 Å². The number of aliphatic hydroxyl groups excluding tert-OH is 1. The van der Waals surface area contributed by atoms with Gasteiger partial charge >= 0.3 is 0 Å². The number of carbonyl (C=O) groups is 1. The first-order chi connectivity index (χ1) is 8.60. The van der Waals surface area contributed by atoms with Crippen molar-refractivity contribution in [3.63, 3.8) is 0 Å². The molecular formula is C14H24N2O2. The number of carbonyl (C=O) groups excluding carboxylic acids is 1. The largest absolute Gasteiger partial charge is 0.396 e. The maximum absolute atomic E-state index is 12.2. The van der Waals surface area contributed by atoms with Gasteiger partial charge in [0.2, 0.25) is 0 Å². The molecule has 1 rings (SSSR count). The molecule has 1 heterocycles. The van der Waals surface area contributed by atoms with Crippen molar-refractivity contribution < 1.29 is 9.90 Å². The Labute approximate surface area is 109 Å². The SMILES string of the molecule is CCCn1cccc1C(=O)NC(CCO)C(C)C. The molecule has 0 saturated heterocycles. The molecule has 0 aliphatic heterocycles. The molecule has 2 N–H and O–H groups in total. The van der Waals surface area contributed by atoms with Gasteiger partial charge in [-0.1, -0.05) is 20.8 Å². The highest BCUT2D eigenvalue weighted by Gasteiger charge is 2.18. The Hall–Kier alpha value is -1.29. The zero-order chi connectivity index (χ0) is 13.5. The summed E-state index contributed by atoms with van der Waals surface area (Å²) in [4.78, 5) is 12.2. The predicted octanol–water partition coefficient (Wildman–Crippen LogP) is 2.03. The molecule has 4 nitrogen and oxygen atoms in total. The molecule has 1 aromatic heterocycles. The van der Waals surface area contributed by atoms with Crippen LogP contribution in [0, 0.1) is 5.92 Å². The van der Waals surface area contributed by atoms with Gasteiger partial charge in [-0.05, 0) is 30.9 Å². The number of hydrogen-bond acceptors (Lipinski definition) is 2. The molecule has 0 bridgehead atoms. The minimum absolute atomic E-state index is 0.0208. The second-order valence-corrected chi connectivity index (χ2v) is 4.92. The highest BCUT2D eigenvalue weighted by Crippen LogP contribution is 2.09. The summed E-state index contributed by atoms with van der Waals surface area (Å²) in [5.74, 6) is 0.260. The lowest BCUT2D eigenvalue weighted by molar-refractivity contribution is 0.0907. The second-order valence-electron chi connectivity index (χ2n) is 4.92. The van der Waals surface area contributed by atoms with Gasteiger partial charge in [0.05, 0.1) is 0 Å². The number of aryl methyl sites for hydroxylation is 1. The van der Waals surface area contributed by atoms with E-state index in [1.54, 1.807) is 0 Å². The van der Waals surface area contributed by atoms with Gasteiger partial charge in [-0.15, -0.1) is 0 Å². The second kappa shape index (κ2) is 7.21. The summed E-state index contributed by atoms with van der Waals surface area (Å²) in [6.45, 7) is 7.13. The van der Waals surface area contributed by atoms with Crippen molar-refractivity contribution >= 4 is 5.91 Å². The van der Waals surface area contributed by atoms with Crippen molar-refractivity contribution in [2.24, 2.45) is 5.92 Å². The molecule has 1 amide bonds. The number of nitrogens with zero attached hydrogens (tertiary/aromatic N) is 1. The monoisotopic (exact) mass is 252 g/mol. The Morgan fingerprint density at radius 1 is 1.50 bits per heavy atom. The van der Waals surface area contributed by atoms with E-state index in [0.29, 0.717) is 18.0 Å². The van der Waals surface area contributed by atoms with Gasteiger partial charge in [0.15, 0.2) is 0 Å². The molecular weight excluding hydrogens is 228 g/mol. The standard InChI is InChI=1S/C14H24N2O2/c1-4-8-16-9-5-6-13(16)14(18)15-12(7-10-17)11(2)3/h5-6,9,11-12,17H,4,7-8,10H2,1-3H3,(H,15,18). The molecule has 0 saturated carbocycles. The molecule has 0 aliphatic rings. The third-order valence-corrected chi connectivity index (χ3v) is 3.09. The molecule has 18 heavy (non-hydrogen) atoms. The minimum atomic E-state index is -0.0550. The first-order valence-corrected chi connectivity index (χ1v) is 6.67. The van der Waals surface area contributed by atoms with Gasteiger partial charge in [-0.25, -0.2) is 0 Å². The van der Waals surface area contributed by atoms with E-state index in [2.05, 4.69) is 12.2 Å². The quantitative estimate of drug-likeness (QED) is 0.780. The molecule has 0 aliphatic carbocycles.